The quantitative estimate of drug-likeness (QED) is 0.849. The Morgan fingerprint density at radius 3 is 2.76 bits per heavy atom. The van der Waals surface area contributed by atoms with E-state index in [1.54, 1.807) is 0 Å². The van der Waals surface area contributed by atoms with Crippen LogP contribution < -0.4 is 0 Å². The van der Waals surface area contributed by atoms with E-state index in [4.69, 9.17) is 4.74 Å². The zero-order valence-electron chi connectivity index (χ0n) is 10.1. The maximum absolute atomic E-state index is 10.5. The van der Waals surface area contributed by atoms with Gasteiger partial charge in [0.05, 0.1) is 12.7 Å². The molecule has 1 saturated carbocycles. The molecule has 1 aliphatic carbocycles. The van der Waals surface area contributed by atoms with Gasteiger partial charge in [-0.1, -0.05) is 37.1 Å². The number of aliphatic hydroxyl groups is 1. The van der Waals surface area contributed by atoms with Crippen molar-refractivity contribution in [3.63, 3.8) is 0 Å². The first-order chi connectivity index (χ1) is 8.36. The molecular formula is C15H20O2. The molecule has 1 aromatic rings. The number of ether oxygens (including phenoxy) is 1. The van der Waals surface area contributed by atoms with E-state index in [0.717, 1.165) is 25.9 Å². The van der Waals surface area contributed by atoms with Gasteiger partial charge < -0.3 is 9.84 Å². The molecule has 0 aromatic heterocycles. The molecule has 2 nitrogen and oxygen atoms in total. The first kappa shape index (κ1) is 11.2. The number of rotatable bonds is 2. The van der Waals surface area contributed by atoms with Crippen LogP contribution in [0.2, 0.25) is 0 Å². The van der Waals surface area contributed by atoms with Crippen LogP contribution in [0.3, 0.4) is 0 Å². The summed E-state index contributed by atoms with van der Waals surface area (Å²) in [5, 5.41) is 10.5. The van der Waals surface area contributed by atoms with Crippen molar-refractivity contribution in [1.29, 1.82) is 0 Å². The van der Waals surface area contributed by atoms with Gasteiger partial charge in [-0.25, -0.2) is 0 Å². The summed E-state index contributed by atoms with van der Waals surface area (Å²) in [4.78, 5) is 0. The zero-order valence-corrected chi connectivity index (χ0v) is 10.1. The molecule has 1 aromatic carbocycles. The molecule has 92 valence electrons. The Balaban J connectivity index is 1.84. The standard InChI is InChI=1S/C15H20O2/c16-14(12-6-1-2-7-12)15-13-8-4-3-5-11(13)9-10-17-15/h3-5,8,12,14-16H,1-2,6-7,9-10H2. The lowest BCUT2D eigenvalue weighted by Crippen LogP contribution is -2.31. The van der Waals surface area contributed by atoms with Gasteiger partial charge in [0.25, 0.3) is 0 Å². The Morgan fingerprint density at radius 2 is 1.94 bits per heavy atom. The Kier molecular flexibility index (Phi) is 3.17. The van der Waals surface area contributed by atoms with Crippen LogP contribution in [-0.4, -0.2) is 17.8 Å². The van der Waals surface area contributed by atoms with E-state index in [9.17, 15) is 5.11 Å². The highest BCUT2D eigenvalue weighted by atomic mass is 16.5. The fraction of sp³-hybridized carbons (Fsp3) is 0.600. The summed E-state index contributed by atoms with van der Waals surface area (Å²) >= 11 is 0. The van der Waals surface area contributed by atoms with E-state index < -0.39 is 0 Å². The average molecular weight is 232 g/mol. The van der Waals surface area contributed by atoms with Crippen molar-refractivity contribution in [2.24, 2.45) is 5.92 Å². The third-order valence-corrected chi connectivity index (χ3v) is 4.22. The molecule has 17 heavy (non-hydrogen) atoms. The smallest absolute Gasteiger partial charge is 0.109 e. The number of fused-ring (bicyclic) bond motifs is 1. The molecule has 0 saturated heterocycles. The monoisotopic (exact) mass is 232 g/mol. The zero-order chi connectivity index (χ0) is 11.7. The minimum atomic E-state index is -0.320. The maximum atomic E-state index is 10.5. The van der Waals surface area contributed by atoms with Crippen molar-refractivity contribution in [3.8, 4) is 0 Å². The van der Waals surface area contributed by atoms with Crippen LogP contribution >= 0.6 is 0 Å². The minimum absolute atomic E-state index is 0.0944. The number of hydrogen-bond acceptors (Lipinski definition) is 2. The highest BCUT2D eigenvalue weighted by molar-refractivity contribution is 5.31. The van der Waals surface area contributed by atoms with Crippen LogP contribution in [0, 0.1) is 5.92 Å². The van der Waals surface area contributed by atoms with Gasteiger partial charge in [-0.3, -0.25) is 0 Å². The van der Waals surface area contributed by atoms with Gasteiger partial charge >= 0.3 is 0 Å². The molecule has 0 amide bonds. The van der Waals surface area contributed by atoms with Crippen LogP contribution in [-0.2, 0) is 11.2 Å². The lowest BCUT2D eigenvalue weighted by molar-refractivity contribution is -0.0696. The van der Waals surface area contributed by atoms with E-state index in [1.165, 1.54) is 24.0 Å². The largest absolute Gasteiger partial charge is 0.390 e. The van der Waals surface area contributed by atoms with Crippen molar-refractivity contribution in [2.45, 2.75) is 44.3 Å². The Hall–Kier alpha value is -0.860. The van der Waals surface area contributed by atoms with Gasteiger partial charge in [0, 0.05) is 0 Å². The lowest BCUT2D eigenvalue weighted by Gasteiger charge is -2.32. The molecule has 0 radical (unpaired) electrons. The van der Waals surface area contributed by atoms with Crippen molar-refractivity contribution in [3.05, 3.63) is 35.4 Å². The Labute approximate surface area is 103 Å². The number of aliphatic hydroxyl groups excluding tert-OH is 1. The van der Waals surface area contributed by atoms with Crippen LogP contribution in [0.15, 0.2) is 24.3 Å². The summed E-state index contributed by atoms with van der Waals surface area (Å²) in [6.07, 6.45) is 5.39. The van der Waals surface area contributed by atoms with Crippen molar-refractivity contribution in [1.82, 2.24) is 0 Å². The van der Waals surface area contributed by atoms with E-state index >= 15 is 0 Å². The highest BCUT2D eigenvalue weighted by Gasteiger charge is 2.34. The van der Waals surface area contributed by atoms with Crippen LogP contribution in [0.1, 0.15) is 42.9 Å². The van der Waals surface area contributed by atoms with Crippen molar-refractivity contribution >= 4 is 0 Å². The minimum Gasteiger partial charge on any atom is -0.390 e. The van der Waals surface area contributed by atoms with Gasteiger partial charge in [-0.05, 0) is 36.3 Å². The van der Waals surface area contributed by atoms with E-state index in [1.807, 2.05) is 6.07 Å². The summed E-state index contributed by atoms with van der Waals surface area (Å²) in [6, 6.07) is 8.38. The molecule has 2 heteroatoms. The summed E-state index contributed by atoms with van der Waals surface area (Å²) in [6.45, 7) is 0.742. The van der Waals surface area contributed by atoms with Gasteiger partial charge in [-0.15, -0.1) is 0 Å². The van der Waals surface area contributed by atoms with Gasteiger partial charge in [0.1, 0.15) is 6.10 Å². The fourth-order valence-electron chi connectivity index (χ4n) is 3.25. The third kappa shape index (κ3) is 2.12. The Morgan fingerprint density at radius 1 is 1.18 bits per heavy atom. The normalized spacial score (nSPS) is 26.8. The predicted molar refractivity (Wildman–Crippen MR) is 66.8 cm³/mol. The molecular weight excluding hydrogens is 212 g/mol. The molecule has 1 heterocycles. The topological polar surface area (TPSA) is 29.5 Å². The van der Waals surface area contributed by atoms with Gasteiger partial charge in [-0.2, -0.15) is 0 Å². The number of hydrogen-bond donors (Lipinski definition) is 1. The SMILES string of the molecule is OC(C1CCCC1)C1OCCc2ccccc21. The Bertz CT molecular complexity index is 382. The van der Waals surface area contributed by atoms with Gasteiger partial charge in [0.15, 0.2) is 0 Å². The highest BCUT2D eigenvalue weighted by Crippen LogP contribution is 2.37. The van der Waals surface area contributed by atoms with E-state index in [2.05, 4.69) is 18.2 Å². The van der Waals surface area contributed by atoms with E-state index in [-0.39, 0.29) is 12.2 Å². The third-order valence-electron chi connectivity index (χ3n) is 4.22. The number of benzene rings is 1. The first-order valence-corrected chi connectivity index (χ1v) is 6.74. The predicted octanol–water partition coefficient (Wildman–Crippen LogP) is 2.85. The molecule has 3 rings (SSSR count). The molecule has 1 aliphatic heterocycles. The lowest BCUT2D eigenvalue weighted by atomic mass is 9.88. The van der Waals surface area contributed by atoms with Crippen LogP contribution in [0.4, 0.5) is 0 Å². The molecule has 2 aliphatic rings. The van der Waals surface area contributed by atoms with Crippen LogP contribution in [0.5, 0.6) is 0 Å². The fourth-order valence-corrected chi connectivity index (χ4v) is 3.25. The average Bonchev–Trinajstić information content (AvgIpc) is 2.91. The van der Waals surface area contributed by atoms with Crippen LogP contribution in [0.25, 0.3) is 0 Å². The summed E-state index contributed by atoms with van der Waals surface area (Å²) in [5.74, 6) is 0.436. The summed E-state index contributed by atoms with van der Waals surface area (Å²) in [5.41, 5.74) is 2.55. The molecule has 2 unspecified atom stereocenters. The second-order valence-electron chi connectivity index (χ2n) is 5.28. The molecule has 2 atom stereocenters. The first-order valence-electron chi connectivity index (χ1n) is 6.74. The molecule has 1 N–H and O–H groups in total. The molecule has 0 spiro atoms. The second-order valence-corrected chi connectivity index (χ2v) is 5.28. The van der Waals surface area contributed by atoms with Gasteiger partial charge in [0.2, 0.25) is 0 Å². The molecule has 1 fully saturated rings. The maximum Gasteiger partial charge on any atom is 0.109 e. The molecule has 0 bridgehead atoms. The van der Waals surface area contributed by atoms with Crippen molar-refractivity contribution in [2.75, 3.05) is 6.61 Å². The van der Waals surface area contributed by atoms with Crippen molar-refractivity contribution < 1.29 is 9.84 Å². The second kappa shape index (κ2) is 4.79. The summed E-state index contributed by atoms with van der Waals surface area (Å²) < 4.78 is 5.83. The van der Waals surface area contributed by atoms with E-state index in [0.29, 0.717) is 5.92 Å². The summed E-state index contributed by atoms with van der Waals surface area (Å²) in [7, 11) is 0.